The van der Waals surface area contributed by atoms with Crippen LogP contribution in [0.3, 0.4) is 0 Å². The number of aromatic nitrogens is 1. The Kier molecular flexibility index (Phi) is 5.85. The molecule has 0 spiro atoms. The average molecular weight is 476 g/mol. The van der Waals surface area contributed by atoms with Crippen LogP contribution in [0.1, 0.15) is 21.7 Å². The topological polar surface area (TPSA) is 92.5 Å². The third kappa shape index (κ3) is 4.49. The lowest BCUT2D eigenvalue weighted by atomic mass is 10.2. The number of thiazole rings is 1. The largest absolute Gasteiger partial charge is 0.468 e. The molecule has 0 unspecified atom stereocenters. The molecular weight excluding hydrogens is 458 g/mol. The maximum absolute atomic E-state index is 12.8. The number of sulfonamides is 1. The number of fused-ring (bicyclic) bond motifs is 1. The van der Waals surface area contributed by atoms with E-state index >= 15 is 0 Å². The van der Waals surface area contributed by atoms with Gasteiger partial charge in [0, 0.05) is 17.6 Å². The number of amides is 1. The molecule has 2 aromatic carbocycles. The lowest BCUT2D eigenvalue weighted by molar-refractivity contribution is 0.102. The normalized spacial score (nSPS) is 11.9. The second-order valence-corrected chi connectivity index (χ2v) is 10.4. The van der Waals surface area contributed by atoms with Gasteiger partial charge in [0.1, 0.15) is 5.76 Å². The molecule has 0 bridgehead atoms. The maximum Gasteiger partial charge on any atom is 0.257 e. The Morgan fingerprint density at radius 1 is 1.23 bits per heavy atom. The van der Waals surface area contributed by atoms with Crippen LogP contribution in [-0.2, 0) is 16.6 Å². The molecule has 1 N–H and O–H groups in total. The Bertz CT molecular complexity index is 1350. The Balaban J connectivity index is 1.50. The van der Waals surface area contributed by atoms with Crippen LogP contribution in [-0.4, -0.2) is 30.7 Å². The number of hydrogen-bond acceptors (Lipinski definition) is 6. The zero-order valence-corrected chi connectivity index (χ0v) is 19.0. The summed E-state index contributed by atoms with van der Waals surface area (Å²) < 4.78 is 32.8. The van der Waals surface area contributed by atoms with E-state index in [9.17, 15) is 13.2 Å². The summed E-state index contributed by atoms with van der Waals surface area (Å²) in [5, 5.41) is 3.81. The molecule has 1 amide bonds. The van der Waals surface area contributed by atoms with Gasteiger partial charge in [-0.15, -0.1) is 0 Å². The molecule has 0 aliphatic heterocycles. The van der Waals surface area contributed by atoms with Crippen LogP contribution in [0.25, 0.3) is 10.2 Å². The van der Waals surface area contributed by atoms with E-state index in [0.717, 1.165) is 15.8 Å². The minimum atomic E-state index is -3.72. The van der Waals surface area contributed by atoms with Gasteiger partial charge in [-0.1, -0.05) is 22.9 Å². The number of hydrogen-bond donors (Lipinski definition) is 1. The van der Waals surface area contributed by atoms with E-state index in [2.05, 4.69) is 10.3 Å². The molecular formula is C21H18ClN3O4S2. The van der Waals surface area contributed by atoms with Crippen LogP contribution < -0.4 is 5.32 Å². The van der Waals surface area contributed by atoms with Gasteiger partial charge in [0.2, 0.25) is 10.0 Å². The minimum Gasteiger partial charge on any atom is -0.468 e. The number of carbonyl (C=O) groups excluding carboxylic acids is 1. The molecule has 0 fully saturated rings. The Hall–Kier alpha value is -2.72. The lowest BCUT2D eigenvalue weighted by Gasteiger charge is -2.16. The van der Waals surface area contributed by atoms with Gasteiger partial charge in [-0.2, -0.15) is 4.31 Å². The van der Waals surface area contributed by atoms with Crippen molar-refractivity contribution in [1.82, 2.24) is 9.29 Å². The minimum absolute atomic E-state index is 0.0864. The van der Waals surface area contributed by atoms with Crippen molar-refractivity contribution in [2.24, 2.45) is 0 Å². The number of nitrogens with zero attached hydrogens (tertiary/aromatic N) is 2. The van der Waals surface area contributed by atoms with Crippen LogP contribution in [0, 0.1) is 6.92 Å². The molecule has 0 atom stereocenters. The van der Waals surface area contributed by atoms with Crippen molar-refractivity contribution in [3.05, 3.63) is 76.7 Å². The number of benzene rings is 2. The van der Waals surface area contributed by atoms with Gasteiger partial charge in [0.25, 0.3) is 5.91 Å². The summed E-state index contributed by atoms with van der Waals surface area (Å²) in [6.07, 6.45) is 1.49. The van der Waals surface area contributed by atoms with Gasteiger partial charge < -0.3 is 4.42 Å². The van der Waals surface area contributed by atoms with Crippen LogP contribution in [0.5, 0.6) is 0 Å². The molecule has 0 saturated heterocycles. The summed E-state index contributed by atoms with van der Waals surface area (Å²) in [7, 11) is -2.25. The maximum atomic E-state index is 12.8. The third-order valence-corrected chi connectivity index (χ3v) is 7.61. The zero-order valence-electron chi connectivity index (χ0n) is 16.6. The molecule has 31 heavy (non-hydrogen) atoms. The van der Waals surface area contributed by atoms with Crippen molar-refractivity contribution >= 4 is 54.2 Å². The monoisotopic (exact) mass is 475 g/mol. The molecule has 10 heteroatoms. The predicted molar refractivity (Wildman–Crippen MR) is 121 cm³/mol. The number of aryl methyl sites for hydroxylation is 1. The van der Waals surface area contributed by atoms with Crippen LogP contribution in [0.15, 0.2) is 64.1 Å². The van der Waals surface area contributed by atoms with Gasteiger partial charge in [0.05, 0.1) is 27.9 Å². The predicted octanol–water partition coefficient (Wildman–Crippen LogP) is 4.92. The van der Waals surface area contributed by atoms with Crippen molar-refractivity contribution in [2.75, 3.05) is 12.4 Å². The first-order valence-electron chi connectivity index (χ1n) is 9.21. The number of anilines is 1. The van der Waals surface area contributed by atoms with Crippen molar-refractivity contribution in [3.63, 3.8) is 0 Å². The molecule has 0 radical (unpaired) electrons. The fraction of sp³-hybridized carbons (Fsp3) is 0.143. The van der Waals surface area contributed by atoms with Gasteiger partial charge in [-0.25, -0.2) is 13.4 Å². The van der Waals surface area contributed by atoms with E-state index in [1.54, 1.807) is 18.2 Å². The van der Waals surface area contributed by atoms with E-state index in [0.29, 0.717) is 21.5 Å². The lowest BCUT2D eigenvalue weighted by Crippen LogP contribution is -2.26. The molecule has 4 aromatic rings. The van der Waals surface area contributed by atoms with Gasteiger partial charge in [0.15, 0.2) is 5.13 Å². The van der Waals surface area contributed by atoms with E-state index in [-0.39, 0.29) is 17.3 Å². The second kappa shape index (κ2) is 8.43. The highest BCUT2D eigenvalue weighted by atomic mass is 35.5. The summed E-state index contributed by atoms with van der Waals surface area (Å²) in [5.41, 5.74) is 2.03. The standard InChI is InChI=1S/C21H18ClN3O4S2/c1-13-10-15(22)11-18-19(13)23-21(30-18)24-20(26)14-5-7-17(8-6-14)31(27,28)25(2)12-16-4-3-9-29-16/h3-11H,12H2,1-2H3,(H,23,24,26). The van der Waals surface area contributed by atoms with Crippen LogP contribution in [0.4, 0.5) is 5.13 Å². The van der Waals surface area contributed by atoms with Gasteiger partial charge >= 0.3 is 0 Å². The summed E-state index contributed by atoms with van der Waals surface area (Å²) >= 11 is 7.40. The Morgan fingerprint density at radius 3 is 2.65 bits per heavy atom. The van der Waals surface area contributed by atoms with Crippen LogP contribution >= 0.6 is 22.9 Å². The Morgan fingerprint density at radius 2 is 1.97 bits per heavy atom. The highest BCUT2D eigenvalue weighted by molar-refractivity contribution is 7.89. The first kappa shape index (κ1) is 21.5. The molecule has 160 valence electrons. The molecule has 7 nitrogen and oxygen atoms in total. The highest BCUT2D eigenvalue weighted by Gasteiger charge is 2.22. The number of furan rings is 1. The fourth-order valence-corrected chi connectivity index (χ4v) is 5.50. The summed E-state index contributed by atoms with van der Waals surface area (Å²) in [6.45, 7) is 2.01. The smallest absolute Gasteiger partial charge is 0.257 e. The van der Waals surface area contributed by atoms with E-state index in [4.69, 9.17) is 16.0 Å². The van der Waals surface area contributed by atoms with Crippen molar-refractivity contribution in [1.29, 1.82) is 0 Å². The highest BCUT2D eigenvalue weighted by Crippen LogP contribution is 2.31. The quantitative estimate of drug-likeness (QED) is 0.427. The Labute approximate surface area is 188 Å². The number of rotatable bonds is 6. The van der Waals surface area contributed by atoms with Crippen molar-refractivity contribution in [2.45, 2.75) is 18.4 Å². The van der Waals surface area contributed by atoms with Crippen molar-refractivity contribution in [3.8, 4) is 0 Å². The van der Waals surface area contributed by atoms with Gasteiger partial charge in [-0.05, 0) is 61.0 Å². The summed E-state index contributed by atoms with van der Waals surface area (Å²) in [5.74, 6) is 0.158. The van der Waals surface area contributed by atoms with E-state index < -0.39 is 10.0 Å². The molecule has 2 aromatic heterocycles. The summed E-state index contributed by atoms with van der Waals surface area (Å²) in [4.78, 5) is 17.1. The molecule has 4 rings (SSSR count). The van der Waals surface area contributed by atoms with Gasteiger partial charge in [-0.3, -0.25) is 10.1 Å². The van der Waals surface area contributed by atoms with E-state index in [1.165, 1.54) is 53.2 Å². The summed E-state index contributed by atoms with van der Waals surface area (Å²) in [6, 6.07) is 12.8. The van der Waals surface area contributed by atoms with Crippen LogP contribution in [0.2, 0.25) is 5.02 Å². The number of halogens is 1. The van der Waals surface area contributed by atoms with Crippen molar-refractivity contribution < 1.29 is 17.6 Å². The average Bonchev–Trinajstić information content (AvgIpc) is 3.37. The first-order chi connectivity index (χ1) is 14.7. The van der Waals surface area contributed by atoms with E-state index in [1.807, 2.05) is 13.0 Å². The third-order valence-electron chi connectivity index (χ3n) is 4.65. The molecule has 0 saturated carbocycles. The molecule has 2 heterocycles. The fourth-order valence-electron chi connectivity index (χ4n) is 3.04. The molecule has 0 aliphatic carbocycles. The second-order valence-electron chi connectivity index (χ2n) is 6.91. The SMILES string of the molecule is Cc1cc(Cl)cc2sc(NC(=O)c3ccc(S(=O)(=O)N(C)Cc4ccco4)cc3)nc12. The first-order valence-corrected chi connectivity index (χ1v) is 11.8. The molecule has 0 aliphatic rings. The number of nitrogens with one attached hydrogen (secondary N) is 1. The zero-order chi connectivity index (χ0) is 22.2. The number of carbonyl (C=O) groups is 1.